The lowest BCUT2D eigenvalue weighted by atomic mass is 9.46. The molecule has 3 saturated carbocycles. The Labute approximate surface area is 186 Å². The summed E-state index contributed by atoms with van der Waals surface area (Å²) >= 11 is 0. The van der Waals surface area contributed by atoms with Gasteiger partial charge in [0.05, 0.1) is 12.7 Å². The second-order valence-electron chi connectivity index (χ2n) is 12.3. The Morgan fingerprint density at radius 1 is 1.07 bits per heavy atom. The van der Waals surface area contributed by atoms with Gasteiger partial charge in [-0.2, -0.15) is 0 Å². The van der Waals surface area contributed by atoms with Crippen LogP contribution >= 0.6 is 0 Å². The fraction of sp³-hybridized carbons (Fsp3) is 0.929. The van der Waals surface area contributed by atoms with E-state index in [-0.39, 0.29) is 5.41 Å². The molecule has 0 aromatic rings. The molecule has 3 fully saturated rings. The fourth-order valence-electron chi connectivity index (χ4n) is 8.94. The van der Waals surface area contributed by atoms with Crippen LogP contribution in [0.2, 0.25) is 0 Å². The van der Waals surface area contributed by atoms with Crippen LogP contribution in [0.5, 0.6) is 0 Å². The molecular weight excluding hydrogens is 368 g/mol. The highest BCUT2D eigenvalue weighted by Gasteiger charge is 2.60. The minimum absolute atomic E-state index is 0.0697. The Hall–Kier alpha value is -0.340. The van der Waals surface area contributed by atoms with Crippen molar-refractivity contribution >= 4 is 0 Å². The molecule has 0 amide bonds. The standard InChI is InChI=1S/C28H48O2/c1-19(2)7-6-8-20(3)24-11-12-25-23-10-9-21-17-22(30-5)13-16-28(21,18-29)26(23)14-15-27(24,25)4/h9,19-20,22-26,29H,6-8,10-18H2,1-5H3/t20-,22?,23+,24-,25+,26+,27-,28-/m1/s1. The summed E-state index contributed by atoms with van der Waals surface area (Å²) in [4.78, 5) is 0. The van der Waals surface area contributed by atoms with Crippen molar-refractivity contribution in [1.29, 1.82) is 0 Å². The second kappa shape index (κ2) is 8.89. The van der Waals surface area contributed by atoms with Gasteiger partial charge in [-0.25, -0.2) is 0 Å². The maximum Gasteiger partial charge on any atom is 0.0609 e. The smallest absolute Gasteiger partial charge is 0.0609 e. The normalized spacial score (nSPS) is 44.2. The highest BCUT2D eigenvalue weighted by atomic mass is 16.5. The first-order valence-corrected chi connectivity index (χ1v) is 13.2. The number of hydrogen-bond donors (Lipinski definition) is 1. The van der Waals surface area contributed by atoms with Gasteiger partial charge in [0, 0.05) is 12.5 Å². The van der Waals surface area contributed by atoms with Crippen LogP contribution in [0.4, 0.5) is 0 Å². The van der Waals surface area contributed by atoms with Crippen molar-refractivity contribution in [2.24, 2.45) is 46.3 Å². The lowest BCUT2D eigenvalue weighted by Crippen LogP contribution is -2.53. The van der Waals surface area contributed by atoms with E-state index in [0.29, 0.717) is 24.0 Å². The van der Waals surface area contributed by atoms with Crippen LogP contribution in [0.1, 0.15) is 98.3 Å². The number of rotatable bonds is 7. The summed E-state index contributed by atoms with van der Waals surface area (Å²) in [6.45, 7) is 10.3. The molecule has 0 aromatic carbocycles. The molecule has 1 unspecified atom stereocenters. The lowest BCUT2D eigenvalue weighted by molar-refractivity contribution is -0.0822. The first kappa shape index (κ1) is 22.8. The molecular formula is C28H48O2. The topological polar surface area (TPSA) is 29.5 Å². The van der Waals surface area contributed by atoms with Crippen LogP contribution < -0.4 is 0 Å². The van der Waals surface area contributed by atoms with Gasteiger partial charge in [0.1, 0.15) is 0 Å². The Morgan fingerprint density at radius 2 is 1.87 bits per heavy atom. The maximum absolute atomic E-state index is 10.7. The van der Waals surface area contributed by atoms with E-state index < -0.39 is 0 Å². The van der Waals surface area contributed by atoms with Gasteiger partial charge in [-0.15, -0.1) is 0 Å². The van der Waals surface area contributed by atoms with Crippen molar-refractivity contribution in [3.05, 3.63) is 11.6 Å². The predicted molar refractivity (Wildman–Crippen MR) is 125 cm³/mol. The molecule has 2 nitrogen and oxygen atoms in total. The molecule has 0 bridgehead atoms. The summed E-state index contributed by atoms with van der Waals surface area (Å²) in [6.07, 6.45) is 17.3. The van der Waals surface area contributed by atoms with Gasteiger partial charge in [-0.1, -0.05) is 58.6 Å². The van der Waals surface area contributed by atoms with E-state index >= 15 is 0 Å². The predicted octanol–water partition coefficient (Wildman–Crippen LogP) is 7.02. The molecule has 0 heterocycles. The van der Waals surface area contributed by atoms with Gasteiger partial charge in [-0.05, 0) is 92.3 Å². The first-order chi connectivity index (χ1) is 14.4. The van der Waals surface area contributed by atoms with Gasteiger partial charge in [-0.3, -0.25) is 0 Å². The number of hydrogen-bond acceptors (Lipinski definition) is 2. The summed E-state index contributed by atoms with van der Waals surface area (Å²) in [5.74, 6) is 4.99. The van der Waals surface area contributed by atoms with Gasteiger partial charge >= 0.3 is 0 Å². The van der Waals surface area contributed by atoms with Crippen LogP contribution in [-0.4, -0.2) is 24.9 Å². The number of fused-ring (bicyclic) bond motifs is 5. The van der Waals surface area contributed by atoms with Crippen molar-refractivity contribution < 1.29 is 9.84 Å². The number of aliphatic hydroxyl groups is 1. The number of ether oxygens (including phenoxy) is 1. The number of aliphatic hydroxyl groups excluding tert-OH is 1. The van der Waals surface area contributed by atoms with Crippen molar-refractivity contribution in [2.75, 3.05) is 13.7 Å². The summed E-state index contributed by atoms with van der Waals surface area (Å²) in [7, 11) is 1.86. The van der Waals surface area contributed by atoms with E-state index in [0.717, 1.165) is 48.9 Å². The molecule has 4 aliphatic carbocycles. The Kier molecular flexibility index (Phi) is 6.77. The molecule has 1 N–H and O–H groups in total. The van der Waals surface area contributed by atoms with Gasteiger partial charge in [0.25, 0.3) is 0 Å². The van der Waals surface area contributed by atoms with E-state index in [1.54, 1.807) is 5.57 Å². The summed E-state index contributed by atoms with van der Waals surface area (Å²) in [5.41, 5.74) is 2.15. The largest absolute Gasteiger partial charge is 0.395 e. The van der Waals surface area contributed by atoms with Crippen molar-refractivity contribution in [1.82, 2.24) is 0 Å². The summed E-state index contributed by atoms with van der Waals surface area (Å²) in [5, 5.41) is 10.7. The minimum Gasteiger partial charge on any atom is -0.395 e. The Morgan fingerprint density at radius 3 is 2.57 bits per heavy atom. The van der Waals surface area contributed by atoms with Gasteiger partial charge < -0.3 is 9.84 Å². The van der Waals surface area contributed by atoms with E-state index in [4.69, 9.17) is 4.74 Å². The Bertz CT molecular complexity index is 624. The Balaban J connectivity index is 1.51. The molecule has 4 rings (SSSR count). The molecule has 0 saturated heterocycles. The third kappa shape index (κ3) is 3.72. The molecule has 172 valence electrons. The third-order valence-electron chi connectivity index (χ3n) is 10.6. The van der Waals surface area contributed by atoms with Crippen LogP contribution in [0, 0.1) is 46.3 Å². The zero-order valence-corrected chi connectivity index (χ0v) is 20.5. The molecule has 30 heavy (non-hydrogen) atoms. The molecule has 0 aliphatic heterocycles. The monoisotopic (exact) mass is 416 g/mol. The molecule has 4 aliphatic rings. The second-order valence-corrected chi connectivity index (χ2v) is 12.3. The highest BCUT2D eigenvalue weighted by molar-refractivity contribution is 5.26. The van der Waals surface area contributed by atoms with Crippen molar-refractivity contribution in [2.45, 2.75) is 104 Å². The highest BCUT2D eigenvalue weighted by Crippen LogP contribution is 2.67. The van der Waals surface area contributed by atoms with Crippen LogP contribution in [-0.2, 0) is 4.74 Å². The first-order valence-electron chi connectivity index (χ1n) is 13.2. The molecule has 0 radical (unpaired) electrons. The van der Waals surface area contributed by atoms with Gasteiger partial charge in [0.15, 0.2) is 0 Å². The average Bonchev–Trinajstić information content (AvgIpc) is 3.09. The van der Waals surface area contributed by atoms with Crippen molar-refractivity contribution in [3.8, 4) is 0 Å². The molecule has 0 aromatic heterocycles. The van der Waals surface area contributed by atoms with Crippen LogP contribution in [0.15, 0.2) is 11.6 Å². The SMILES string of the molecule is COC1CC[C@@]2(CO)C(=CC[C@@H]3[C@@H]2CC[C@]2(C)[C@@H]([C@H](C)CCCC(C)C)CC[C@@H]32)C1. The van der Waals surface area contributed by atoms with Crippen molar-refractivity contribution in [3.63, 3.8) is 0 Å². The number of allylic oxidation sites excluding steroid dienone is 1. The zero-order valence-electron chi connectivity index (χ0n) is 20.5. The molecule has 8 atom stereocenters. The molecule has 0 spiro atoms. The fourth-order valence-corrected chi connectivity index (χ4v) is 8.94. The average molecular weight is 417 g/mol. The maximum atomic E-state index is 10.7. The third-order valence-corrected chi connectivity index (χ3v) is 10.6. The van der Waals surface area contributed by atoms with Crippen LogP contribution in [0.3, 0.4) is 0 Å². The van der Waals surface area contributed by atoms with E-state index in [2.05, 4.69) is 33.8 Å². The van der Waals surface area contributed by atoms with E-state index in [1.807, 2.05) is 7.11 Å². The zero-order chi connectivity index (χ0) is 21.5. The van der Waals surface area contributed by atoms with E-state index in [9.17, 15) is 5.11 Å². The lowest BCUT2D eigenvalue weighted by Gasteiger charge is -2.59. The van der Waals surface area contributed by atoms with Crippen LogP contribution in [0.25, 0.3) is 0 Å². The quantitative estimate of drug-likeness (QED) is 0.452. The van der Waals surface area contributed by atoms with Gasteiger partial charge in [0.2, 0.25) is 0 Å². The summed E-state index contributed by atoms with van der Waals surface area (Å²) < 4.78 is 5.72. The molecule has 2 heteroatoms. The number of methoxy groups -OCH3 is 1. The summed E-state index contributed by atoms with van der Waals surface area (Å²) in [6, 6.07) is 0. The minimum atomic E-state index is 0.0697. The van der Waals surface area contributed by atoms with E-state index in [1.165, 1.54) is 51.4 Å².